The highest BCUT2D eigenvalue weighted by atomic mass is 19.1. The van der Waals surface area contributed by atoms with Gasteiger partial charge in [-0.25, -0.2) is 4.39 Å². The van der Waals surface area contributed by atoms with E-state index in [0.29, 0.717) is 12.0 Å². The fourth-order valence-corrected chi connectivity index (χ4v) is 3.21. The number of allylic oxidation sites excluding steroid dienone is 4. The first-order valence-corrected chi connectivity index (χ1v) is 11.1. The molecule has 0 aliphatic heterocycles. The van der Waals surface area contributed by atoms with Gasteiger partial charge in [0.2, 0.25) is 0 Å². The molecular weight excluding hydrogens is 379 g/mol. The predicted octanol–water partition coefficient (Wildman–Crippen LogP) is 6.72. The van der Waals surface area contributed by atoms with Crippen LogP contribution in [-0.4, -0.2) is 18.4 Å². The first-order valence-electron chi connectivity index (χ1n) is 11.1. The molecule has 0 aromatic heterocycles. The van der Waals surface area contributed by atoms with E-state index in [4.69, 9.17) is 4.74 Å². The fourth-order valence-electron chi connectivity index (χ4n) is 3.21. The lowest BCUT2D eigenvalue weighted by molar-refractivity contribution is -0.153. The Morgan fingerprint density at radius 2 is 1.87 bits per heavy atom. The Kier molecular flexibility index (Phi) is 10.0. The molecular formula is C26H39FO3. The molecule has 1 aliphatic rings. The zero-order chi connectivity index (χ0) is 22.9. The number of halogens is 1. The van der Waals surface area contributed by atoms with E-state index < -0.39 is 17.3 Å². The highest BCUT2D eigenvalue weighted by Gasteiger charge is 2.49. The summed E-state index contributed by atoms with van der Waals surface area (Å²) < 4.78 is 19.9. The molecule has 0 spiro atoms. The van der Waals surface area contributed by atoms with E-state index >= 15 is 0 Å². The molecule has 1 fully saturated rings. The standard InChI is InChI=1S/C26H39FO3/c1-8-10-14-25(5,6)15-13-19(3)11-12-20(4)22(27)18-21(24(29)30-9-2)23(28)26(7)16-17-26/h13,21H,9,11-12,14-18H2,1-7H3/b19-13-,22-20-. The molecule has 168 valence electrons. The Labute approximate surface area is 182 Å². The van der Waals surface area contributed by atoms with E-state index in [1.165, 1.54) is 5.57 Å². The maximum absolute atomic E-state index is 14.9. The summed E-state index contributed by atoms with van der Waals surface area (Å²) in [6.07, 6.45) is 6.65. The highest BCUT2D eigenvalue weighted by molar-refractivity contribution is 6.03. The van der Waals surface area contributed by atoms with Crippen LogP contribution in [0.5, 0.6) is 0 Å². The molecule has 0 bridgehead atoms. The summed E-state index contributed by atoms with van der Waals surface area (Å²) in [5.74, 6) is 3.89. The average molecular weight is 419 g/mol. The van der Waals surface area contributed by atoms with Crippen molar-refractivity contribution in [2.45, 2.75) is 93.4 Å². The lowest BCUT2D eigenvalue weighted by atomic mass is 9.85. The zero-order valence-electron chi connectivity index (χ0n) is 19.9. The van der Waals surface area contributed by atoms with Crippen LogP contribution < -0.4 is 0 Å². The normalized spacial score (nSPS) is 17.4. The molecule has 1 atom stereocenters. The molecule has 3 nitrogen and oxygen atoms in total. The van der Waals surface area contributed by atoms with Gasteiger partial charge in [-0.1, -0.05) is 32.4 Å². The zero-order valence-corrected chi connectivity index (χ0v) is 19.9. The SMILES string of the molecule is CC#CCC(C)(C)C/C=C(/C)CC/C(C)=C(\F)CC(C(=O)OCC)C(=O)C1(C)CC1. The van der Waals surface area contributed by atoms with Gasteiger partial charge >= 0.3 is 5.97 Å². The molecule has 0 aromatic rings. The smallest absolute Gasteiger partial charge is 0.316 e. The van der Waals surface area contributed by atoms with Crippen molar-refractivity contribution in [3.8, 4) is 11.8 Å². The van der Waals surface area contributed by atoms with Crippen LogP contribution in [0, 0.1) is 28.6 Å². The van der Waals surface area contributed by atoms with Crippen LogP contribution in [0.1, 0.15) is 93.4 Å². The summed E-state index contributed by atoms with van der Waals surface area (Å²) in [4.78, 5) is 25.0. The van der Waals surface area contributed by atoms with Gasteiger partial charge in [0, 0.05) is 18.3 Å². The van der Waals surface area contributed by atoms with Gasteiger partial charge in [-0.2, -0.15) is 0 Å². The predicted molar refractivity (Wildman–Crippen MR) is 120 cm³/mol. The quantitative estimate of drug-likeness (QED) is 0.153. The van der Waals surface area contributed by atoms with Crippen LogP contribution in [0.15, 0.2) is 23.0 Å². The third-order valence-corrected chi connectivity index (χ3v) is 5.97. The molecule has 0 aromatic carbocycles. The van der Waals surface area contributed by atoms with E-state index in [0.717, 1.165) is 32.1 Å². The van der Waals surface area contributed by atoms with Gasteiger partial charge < -0.3 is 4.74 Å². The minimum Gasteiger partial charge on any atom is -0.465 e. The van der Waals surface area contributed by atoms with Crippen molar-refractivity contribution in [3.05, 3.63) is 23.0 Å². The van der Waals surface area contributed by atoms with Gasteiger partial charge in [-0.15, -0.1) is 11.8 Å². The molecule has 1 aliphatic carbocycles. The highest BCUT2D eigenvalue weighted by Crippen LogP contribution is 2.48. The van der Waals surface area contributed by atoms with Crippen molar-refractivity contribution in [2.24, 2.45) is 16.7 Å². The van der Waals surface area contributed by atoms with Gasteiger partial charge in [-0.05, 0) is 70.8 Å². The van der Waals surface area contributed by atoms with Crippen LogP contribution in [-0.2, 0) is 14.3 Å². The largest absolute Gasteiger partial charge is 0.465 e. The molecule has 0 N–H and O–H groups in total. The van der Waals surface area contributed by atoms with Crippen LogP contribution in [0.4, 0.5) is 4.39 Å². The Morgan fingerprint density at radius 1 is 1.23 bits per heavy atom. The number of hydrogen-bond donors (Lipinski definition) is 0. The van der Waals surface area contributed by atoms with E-state index in [2.05, 4.69) is 38.7 Å². The van der Waals surface area contributed by atoms with Crippen LogP contribution in [0.3, 0.4) is 0 Å². The second kappa shape index (κ2) is 11.5. The molecule has 0 amide bonds. The van der Waals surface area contributed by atoms with E-state index in [1.54, 1.807) is 13.8 Å². The molecule has 1 rings (SSSR count). The molecule has 0 saturated heterocycles. The monoisotopic (exact) mass is 418 g/mol. The molecule has 1 unspecified atom stereocenters. The number of hydrogen-bond acceptors (Lipinski definition) is 3. The summed E-state index contributed by atoms with van der Waals surface area (Å²) in [7, 11) is 0. The lowest BCUT2D eigenvalue weighted by Crippen LogP contribution is -2.31. The Morgan fingerprint density at radius 3 is 2.40 bits per heavy atom. The maximum Gasteiger partial charge on any atom is 0.316 e. The van der Waals surface area contributed by atoms with Gasteiger partial charge in [0.05, 0.1) is 6.61 Å². The summed E-state index contributed by atoms with van der Waals surface area (Å²) in [6, 6.07) is 0. The Bertz CT molecular complexity index is 742. The number of carbonyl (C=O) groups is 2. The summed E-state index contributed by atoms with van der Waals surface area (Å²) in [5.41, 5.74) is 1.44. The van der Waals surface area contributed by atoms with Crippen molar-refractivity contribution >= 4 is 11.8 Å². The first-order chi connectivity index (χ1) is 14.0. The van der Waals surface area contributed by atoms with E-state index in [-0.39, 0.29) is 30.1 Å². The molecule has 1 saturated carbocycles. The van der Waals surface area contributed by atoms with Crippen LogP contribution in [0.2, 0.25) is 0 Å². The summed E-state index contributed by atoms with van der Waals surface area (Å²) >= 11 is 0. The summed E-state index contributed by atoms with van der Waals surface area (Å²) in [6.45, 7) is 13.8. The Hall–Kier alpha value is -1.89. The number of carbonyl (C=O) groups excluding carboxylic acids is 2. The third kappa shape index (κ3) is 8.46. The van der Waals surface area contributed by atoms with Crippen molar-refractivity contribution in [1.82, 2.24) is 0 Å². The second-order valence-corrected chi connectivity index (χ2v) is 9.64. The van der Waals surface area contributed by atoms with Crippen LogP contribution >= 0.6 is 0 Å². The lowest BCUT2D eigenvalue weighted by Gasteiger charge is -2.20. The van der Waals surface area contributed by atoms with Crippen molar-refractivity contribution in [1.29, 1.82) is 0 Å². The average Bonchev–Trinajstić information content (AvgIpc) is 3.45. The third-order valence-electron chi connectivity index (χ3n) is 5.97. The Balaban J connectivity index is 2.73. The van der Waals surface area contributed by atoms with Gasteiger partial charge in [0.15, 0.2) is 5.78 Å². The van der Waals surface area contributed by atoms with Crippen LogP contribution in [0.25, 0.3) is 0 Å². The molecule has 0 radical (unpaired) electrons. The maximum atomic E-state index is 14.9. The van der Waals surface area contributed by atoms with Gasteiger partial charge in [0.1, 0.15) is 11.7 Å². The topological polar surface area (TPSA) is 43.4 Å². The van der Waals surface area contributed by atoms with Gasteiger partial charge in [0.25, 0.3) is 0 Å². The second-order valence-electron chi connectivity index (χ2n) is 9.64. The van der Waals surface area contributed by atoms with E-state index in [1.807, 2.05) is 13.8 Å². The number of Topliss-reactive ketones (excluding diaryl/α,β-unsaturated/α-hetero) is 1. The fraction of sp³-hybridized carbons (Fsp3) is 0.692. The van der Waals surface area contributed by atoms with Gasteiger partial charge in [-0.3, -0.25) is 9.59 Å². The number of ketones is 1. The van der Waals surface area contributed by atoms with Crippen molar-refractivity contribution < 1.29 is 18.7 Å². The van der Waals surface area contributed by atoms with E-state index in [9.17, 15) is 14.0 Å². The molecule has 0 heterocycles. The van der Waals surface area contributed by atoms with Crippen molar-refractivity contribution in [2.75, 3.05) is 6.61 Å². The number of ether oxygens (including phenoxy) is 1. The minimum absolute atomic E-state index is 0.118. The minimum atomic E-state index is -1.04. The summed E-state index contributed by atoms with van der Waals surface area (Å²) in [5, 5.41) is 0. The number of rotatable bonds is 12. The first kappa shape index (κ1) is 26.1. The van der Waals surface area contributed by atoms with Crippen molar-refractivity contribution in [3.63, 3.8) is 0 Å². The number of esters is 1. The molecule has 30 heavy (non-hydrogen) atoms. The molecule has 4 heteroatoms.